The number of aliphatic carboxylic acids is 1. The standard InChI is InChI=1S/C14H23N3O3/c1-9(2)12-8-10(3)15-14(17-12)16-11(13(18)19)6-5-7-20-4/h8-9,11H,5-7H2,1-4H3,(H,18,19)(H,15,16,17). The summed E-state index contributed by atoms with van der Waals surface area (Å²) in [6, 6.07) is 1.21. The molecule has 0 aliphatic heterocycles. The molecule has 1 unspecified atom stereocenters. The second-order valence-electron chi connectivity index (χ2n) is 5.08. The summed E-state index contributed by atoms with van der Waals surface area (Å²) in [4.78, 5) is 19.9. The van der Waals surface area contributed by atoms with E-state index in [2.05, 4.69) is 15.3 Å². The quantitative estimate of drug-likeness (QED) is 0.711. The number of carboxylic acids is 1. The Kier molecular flexibility index (Phi) is 6.38. The van der Waals surface area contributed by atoms with E-state index >= 15 is 0 Å². The first-order valence-corrected chi connectivity index (χ1v) is 6.78. The number of hydrogen-bond donors (Lipinski definition) is 2. The second kappa shape index (κ2) is 7.79. The molecule has 0 aromatic carbocycles. The molecule has 112 valence electrons. The smallest absolute Gasteiger partial charge is 0.326 e. The topological polar surface area (TPSA) is 84.3 Å². The molecule has 1 rings (SSSR count). The number of carbonyl (C=O) groups is 1. The molecule has 20 heavy (non-hydrogen) atoms. The van der Waals surface area contributed by atoms with Gasteiger partial charge in [0.2, 0.25) is 5.95 Å². The van der Waals surface area contributed by atoms with Crippen molar-refractivity contribution in [2.75, 3.05) is 19.0 Å². The second-order valence-corrected chi connectivity index (χ2v) is 5.08. The lowest BCUT2D eigenvalue weighted by molar-refractivity contribution is -0.138. The molecule has 0 fully saturated rings. The van der Waals surface area contributed by atoms with E-state index in [1.165, 1.54) is 0 Å². The molecule has 6 nitrogen and oxygen atoms in total. The minimum Gasteiger partial charge on any atom is -0.480 e. The maximum Gasteiger partial charge on any atom is 0.326 e. The Morgan fingerprint density at radius 3 is 2.70 bits per heavy atom. The van der Waals surface area contributed by atoms with Gasteiger partial charge in [-0.2, -0.15) is 0 Å². The predicted molar refractivity (Wildman–Crippen MR) is 77.0 cm³/mol. The molecule has 2 N–H and O–H groups in total. The van der Waals surface area contributed by atoms with Crippen LogP contribution in [0.5, 0.6) is 0 Å². The summed E-state index contributed by atoms with van der Waals surface area (Å²) in [6.45, 7) is 6.49. The fourth-order valence-corrected chi connectivity index (χ4v) is 1.80. The van der Waals surface area contributed by atoms with Crippen molar-refractivity contribution in [1.82, 2.24) is 9.97 Å². The van der Waals surface area contributed by atoms with Crippen molar-refractivity contribution in [1.29, 1.82) is 0 Å². The van der Waals surface area contributed by atoms with Crippen LogP contribution in [0, 0.1) is 6.92 Å². The molecule has 0 bridgehead atoms. The predicted octanol–water partition coefficient (Wildman–Crippen LogP) is 2.20. The third kappa shape index (κ3) is 5.13. The van der Waals surface area contributed by atoms with Crippen LogP contribution in [-0.4, -0.2) is 40.8 Å². The Hall–Kier alpha value is -1.69. The number of carboxylic acid groups (broad SMARTS) is 1. The molecule has 6 heteroatoms. The number of ether oxygens (including phenoxy) is 1. The minimum atomic E-state index is -0.905. The van der Waals surface area contributed by atoms with Crippen LogP contribution in [0.4, 0.5) is 5.95 Å². The van der Waals surface area contributed by atoms with Gasteiger partial charge < -0.3 is 15.2 Å². The van der Waals surface area contributed by atoms with Crippen LogP contribution in [0.2, 0.25) is 0 Å². The summed E-state index contributed by atoms with van der Waals surface area (Å²) in [5.74, 6) is -0.259. The zero-order chi connectivity index (χ0) is 15.1. The van der Waals surface area contributed by atoms with Crippen molar-refractivity contribution >= 4 is 11.9 Å². The zero-order valence-corrected chi connectivity index (χ0v) is 12.5. The molecule has 0 amide bonds. The van der Waals surface area contributed by atoms with Crippen molar-refractivity contribution in [3.05, 3.63) is 17.5 Å². The van der Waals surface area contributed by atoms with Crippen LogP contribution in [0.25, 0.3) is 0 Å². The molecule has 1 aromatic rings. The Bertz CT molecular complexity index is 449. The molecule has 0 spiro atoms. The number of hydrogen-bond acceptors (Lipinski definition) is 5. The molecule has 0 saturated carbocycles. The highest BCUT2D eigenvalue weighted by Crippen LogP contribution is 2.15. The van der Waals surface area contributed by atoms with E-state index in [1.54, 1.807) is 7.11 Å². The molecule has 0 aliphatic carbocycles. The van der Waals surface area contributed by atoms with Crippen molar-refractivity contribution in [3.63, 3.8) is 0 Å². The van der Waals surface area contributed by atoms with Gasteiger partial charge in [-0.05, 0) is 31.7 Å². The first-order chi connectivity index (χ1) is 9.43. The molecular weight excluding hydrogens is 258 g/mol. The summed E-state index contributed by atoms with van der Waals surface area (Å²) in [6.07, 6.45) is 1.14. The van der Waals surface area contributed by atoms with E-state index < -0.39 is 12.0 Å². The van der Waals surface area contributed by atoms with Gasteiger partial charge in [0.1, 0.15) is 6.04 Å². The van der Waals surface area contributed by atoms with Crippen LogP contribution < -0.4 is 5.32 Å². The van der Waals surface area contributed by atoms with E-state index in [-0.39, 0.29) is 5.92 Å². The highest BCUT2D eigenvalue weighted by atomic mass is 16.5. The first-order valence-electron chi connectivity index (χ1n) is 6.78. The van der Waals surface area contributed by atoms with Crippen molar-refractivity contribution < 1.29 is 14.6 Å². The van der Waals surface area contributed by atoms with Crippen LogP contribution in [0.1, 0.15) is 44.0 Å². The van der Waals surface area contributed by atoms with Crippen molar-refractivity contribution in [2.45, 2.75) is 45.6 Å². The van der Waals surface area contributed by atoms with Gasteiger partial charge >= 0.3 is 5.97 Å². The summed E-state index contributed by atoms with van der Waals surface area (Å²) in [7, 11) is 1.60. The molecule has 0 saturated heterocycles. The lowest BCUT2D eigenvalue weighted by Crippen LogP contribution is -2.30. The van der Waals surface area contributed by atoms with Gasteiger partial charge in [-0.3, -0.25) is 0 Å². The number of nitrogens with one attached hydrogen (secondary N) is 1. The highest BCUT2D eigenvalue weighted by Gasteiger charge is 2.18. The lowest BCUT2D eigenvalue weighted by atomic mass is 10.1. The Morgan fingerprint density at radius 1 is 1.45 bits per heavy atom. The molecule has 1 heterocycles. The summed E-state index contributed by atoms with van der Waals surface area (Å²) in [5.41, 5.74) is 1.73. The number of nitrogens with zero attached hydrogens (tertiary/aromatic N) is 2. The molecule has 0 aliphatic rings. The highest BCUT2D eigenvalue weighted by molar-refractivity contribution is 5.76. The summed E-state index contributed by atoms with van der Waals surface area (Å²) >= 11 is 0. The van der Waals surface area contributed by atoms with Crippen molar-refractivity contribution in [2.24, 2.45) is 0 Å². The Morgan fingerprint density at radius 2 is 2.15 bits per heavy atom. The first kappa shape index (κ1) is 16.4. The van der Waals surface area contributed by atoms with Gasteiger partial charge in [-0.1, -0.05) is 13.8 Å². The van der Waals surface area contributed by atoms with Gasteiger partial charge in [-0.15, -0.1) is 0 Å². The maximum absolute atomic E-state index is 11.2. The van der Waals surface area contributed by atoms with E-state index in [9.17, 15) is 9.90 Å². The molecular formula is C14H23N3O3. The molecule has 0 radical (unpaired) electrons. The average Bonchev–Trinajstić information content (AvgIpc) is 2.36. The van der Waals surface area contributed by atoms with Gasteiger partial charge in [0, 0.05) is 25.1 Å². The average molecular weight is 281 g/mol. The van der Waals surface area contributed by atoms with E-state index in [0.29, 0.717) is 25.4 Å². The van der Waals surface area contributed by atoms with Crippen LogP contribution in [0.3, 0.4) is 0 Å². The zero-order valence-electron chi connectivity index (χ0n) is 12.5. The number of aromatic nitrogens is 2. The number of rotatable bonds is 8. The van der Waals surface area contributed by atoms with Gasteiger partial charge in [0.15, 0.2) is 0 Å². The van der Waals surface area contributed by atoms with E-state index in [4.69, 9.17) is 4.74 Å². The third-order valence-corrected chi connectivity index (χ3v) is 2.91. The number of aryl methyl sites for hydroxylation is 1. The Labute approximate surface area is 119 Å². The van der Waals surface area contributed by atoms with Gasteiger partial charge in [-0.25, -0.2) is 14.8 Å². The SMILES string of the molecule is COCCCC(Nc1nc(C)cc(C(C)C)n1)C(=O)O. The number of methoxy groups -OCH3 is 1. The number of anilines is 1. The Balaban J connectivity index is 2.79. The van der Waals surface area contributed by atoms with Crippen LogP contribution >= 0.6 is 0 Å². The van der Waals surface area contributed by atoms with Crippen LogP contribution in [-0.2, 0) is 9.53 Å². The normalized spacial score (nSPS) is 12.4. The van der Waals surface area contributed by atoms with E-state index in [0.717, 1.165) is 11.4 Å². The molecule has 1 atom stereocenters. The van der Waals surface area contributed by atoms with Gasteiger partial charge in [0.05, 0.1) is 0 Å². The fourth-order valence-electron chi connectivity index (χ4n) is 1.80. The third-order valence-electron chi connectivity index (χ3n) is 2.91. The minimum absolute atomic E-state index is 0.272. The van der Waals surface area contributed by atoms with Gasteiger partial charge in [0.25, 0.3) is 0 Å². The maximum atomic E-state index is 11.2. The summed E-state index contributed by atoms with van der Waals surface area (Å²) in [5, 5.41) is 12.1. The monoisotopic (exact) mass is 281 g/mol. The largest absolute Gasteiger partial charge is 0.480 e. The van der Waals surface area contributed by atoms with Crippen LogP contribution in [0.15, 0.2) is 6.07 Å². The fraction of sp³-hybridized carbons (Fsp3) is 0.643. The summed E-state index contributed by atoms with van der Waals surface area (Å²) < 4.78 is 4.94. The van der Waals surface area contributed by atoms with Crippen molar-refractivity contribution in [3.8, 4) is 0 Å². The van der Waals surface area contributed by atoms with E-state index in [1.807, 2.05) is 26.8 Å². The molecule has 1 aromatic heterocycles. The lowest BCUT2D eigenvalue weighted by Gasteiger charge is -2.16.